The van der Waals surface area contributed by atoms with Gasteiger partial charge in [-0.1, -0.05) is 30.3 Å². The molecule has 4 rings (SSSR count). The number of amides is 1. The summed E-state index contributed by atoms with van der Waals surface area (Å²) in [5.41, 5.74) is 3.87. The molecule has 29 heavy (non-hydrogen) atoms. The number of fused-ring (bicyclic) bond motifs is 1. The summed E-state index contributed by atoms with van der Waals surface area (Å²) < 4.78 is 5.61. The fourth-order valence-electron chi connectivity index (χ4n) is 4.29. The van der Waals surface area contributed by atoms with Gasteiger partial charge in [0, 0.05) is 56.9 Å². The summed E-state index contributed by atoms with van der Waals surface area (Å²) in [4.78, 5) is 19.1. The zero-order valence-corrected chi connectivity index (χ0v) is 17.6. The van der Waals surface area contributed by atoms with Crippen LogP contribution < -0.4 is 4.90 Å². The second-order valence-corrected chi connectivity index (χ2v) is 8.29. The highest BCUT2D eigenvalue weighted by molar-refractivity contribution is 6.06. The number of hydrogen-bond acceptors (Lipinski definition) is 4. The maximum Gasteiger partial charge on any atom is 0.257 e. The quantitative estimate of drug-likeness (QED) is 0.667. The van der Waals surface area contributed by atoms with Crippen LogP contribution in [0.4, 0.5) is 5.69 Å². The van der Waals surface area contributed by atoms with E-state index in [0.717, 1.165) is 36.3 Å². The fourth-order valence-corrected chi connectivity index (χ4v) is 4.29. The molecule has 1 aromatic heterocycles. The van der Waals surface area contributed by atoms with Crippen molar-refractivity contribution in [3.05, 3.63) is 65.9 Å². The number of furan rings is 1. The average molecular weight is 392 g/mol. The first-order valence-electron chi connectivity index (χ1n) is 10.2. The van der Waals surface area contributed by atoms with Crippen LogP contribution in [0, 0.1) is 0 Å². The summed E-state index contributed by atoms with van der Waals surface area (Å²) in [6, 6.07) is 17.7. The van der Waals surface area contributed by atoms with E-state index in [1.807, 2.05) is 6.07 Å². The molecule has 0 saturated carbocycles. The molecule has 152 valence electrons. The molecule has 0 N–H and O–H groups in total. The molecule has 0 radical (unpaired) electrons. The standard InChI is InChI=1S/C24H29N3O2/c1-17-13-26(14-18(2)27(17)15-19-8-6-5-7-9-19)20-10-11-23-21(12-20)22(16-29-23)24(28)25(3)4/h5-12,16-18H,13-15H2,1-4H3. The van der Waals surface area contributed by atoms with Crippen molar-refractivity contribution in [2.24, 2.45) is 0 Å². The van der Waals surface area contributed by atoms with Crippen molar-refractivity contribution < 1.29 is 9.21 Å². The predicted molar refractivity (Wildman–Crippen MR) is 117 cm³/mol. The van der Waals surface area contributed by atoms with Gasteiger partial charge in [0.15, 0.2) is 0 Å². The molecule has 2 heterocycles. The van der Waals surface area contributed by atoms with Gasteiger partial charge in [-0.25, -0.2) is 0 Å². The van der Waals surface area contributed by atoms with Crippen molar-refractivity contribution >= 4 is 22.6 Å². The first-order chi connectivity index (χ1) is 13.9. The van der Waals surface area contributed by atoms with E-state index in [0.29, 0.717) is 17.6 Å². The zero-order valence-electron chi connectivity index (χ0n) is 17.6. The zero-order chi connectivity index (χ0) is 20.5. The van der Waals surface area contributed by atoms with Gasteiger partial charge in [0.05, 0.1) is 5.56 Å². The normalized spacial score (nSPS) is 20.2. The van der Waals surface area contributed by atoms with E-state index in [1.165, 1.54) is 5.56 Å². The molecular formula is C24H29N3O2. The van der Waals surface area contributed by atoms with Crippen LogP contribution in [-0.4, -0.2) is 55.0 Å². The molecule has 0 aliphatic carbocycles. The van der Waals surface area contributed by atoms with Crippen molar-refractivity contribution in [3.63, 3.8) is 0 Å². The van der Waals surface area contributed by atoms with Crippen LogP contribution in [0.1, 0.15) is 29.8 Å². The number of hydrogen-bond donors (Lipinski definition) is 0. The van der Waals surface area contributed by atoms with E-state index in [-0.39, 0.29) is 5.91 Å². The van der Waals surface area contributed by atoms with Crippen LogP contribution in [-0.2, 0) is 6.54 Å². The second-order valence-electron chi connectivity index (χ2n) is 8.29. The summed E-state index contributed by atoms with van der Waals surface area (Å²) in [5.74, 6) is -0.0321. The lowest BCUT2D eigenvalue weighted by molar-refractivity contribution is 0.0828. The molecule has 5 heteroatoms. The Hall–Kier alpha value is -2.79. The van der Waals surface area contributed by atoms with E-state index in [2.05, 4.69) is 66.1 Å². The number of nitrogens with zero attached hydrogens (tertiary/aromatic N) is 3. The Kier molecular flexibility index (Phi) is 5.33. The molecule has 0 spiro atoms. The number of carbonyl (C=O) groups excluding carboxylic acids is 1. The Morgan fingerprint density at radius 2 is 1.76 bits per heavy atom. The van der Waals surface area contributed by atoms with Gasteiger partial charge in [0.25, 0.3) is 5.91 Å². The molecule has 2 atom stereocenters. The number of piperazine rings is 1. The third-order valence-electron chi connectivity index (χ3n) is 5.87. The average Bonchev–Trinajstić information content (AvgIpc) is 3.13. The first-order valence-corrected chi connectivity index (χ1v) is 10.2. The van der Waals surface area contributed by atoms with Gasteiger partial charge >= 0.3 is 0 Å². The fraction of sp³-hybridized carbons (Fsp3) is 0.375. The summed E-state index contributed by atoms with van der Waals surface area (Å²) in [5, 5.41) is 0.883. The third kappa shape index (κ3) is 3.87. The molecular weight excluding hydrogens is 362 g/mol. The Morgan fingerprint density at radius 3 is 2.41 bits per heavy atom. The van der Waals surface area contributed by atoms with Gasteiger partial charge in [-0.2, -0.15) is 0 Å². The highest BCUT2D eigenvalue weighted by Crippen LogP contribution is 2.30. The molecule has 3 aromatic rings. The van der Waals surface area contributed by atoms with Crippen LogP contribution in [0.15, 0.2) is 59.2 Å². The second kappa shape index (κ2) is 7.91. The van der Waals surface area contributed by atoms with E-state index >= 15 is 0 Å². The molecule has 1 saturated heterocycles. The first kappa shape index (κ1) is 19.5. The Labute approximate surface area is 172 Å². The number of anilines is 1. The number of carbonyl (C=O) groups is 1. The topological polar surface area (TPSA) is 39.9 Å². The van der Waals surface area contributed by atoms with Gasteiger partial charge in [0.1, 0.15) is 11.8 Å². The molecule has 2 unspecified atom stereocenters. The van der Waals surface area contributed by atoms with E-state index in [9.17, 15) is 4.79 Å². The van der Waals surface area contributed by atoms with Crippen LogP contribution >= 0.6 is 0 Å². The summed E-state index contributed by atoms with van der Waals surface area (Å²) in [6.45, 7) is 7.47. The lowest BCUT2D eigenvalue weighted by Crippen LogP contribution is -2.56. The molecule has 2 aromatic carbocycles. The van der Waals surface area contributed by atoms with Crippen LogP contribution in [0.2, 0.25) is 0 Å². The lowest BCUT2D eigenvalue weighted by atomic mass is 10.0. The van der Waals surface area contributed by atoms with Crippen molar-refractivity contribution in [2.45, 2.75) is 32.5 Å². The number of rotatable bonds is 4. The minimum absolute atomic E-state index is 0.0321. The number of benzene rings is 2. The van der Waals surface area contributed by atoms with E-state index in [1.54, 1.807) is 25.3 Å². The monoisotopic (exact) mass is 391 g/mol. The molecule has 1 amide bonds. The van der Waals surface area contributed by atoms with Gasteiger partial charge in [-0.05, 0) is 37.6 Å². The van der Waals surface area contributed by atoms with E-state index < -0.39 is 0 Å². The summed E-state index contributed by atoms with van der Waals surface area (Å²) in [7, 11) is 3.53. The van der Waals surface area contributed by atoms with Crippen molar-refractivity contribution in [1.29, 1.82) is 0 Å². The SMILES string of the molecule is CC1CN(c2ccc3occ(C(=O)N(C)C)c3c2)CC(C)N1Cc1ccccc1. The molecule has 1 aliphatic rings. The predicted octanol–water partition coefficient (Wildman–Crippen LogP) is 4.23. The Balaban J connectivity index is 1.56. The molecule has 0 bridgehead atoms. The van der Waals surface area contributed by atoms with Crippen LogP contribution in [0.3, 0.4) is 0 Å². The van der Waals surface area contributed by atoms with Gasteiger partial charge in [0.2, 0.25) is 0 Å². The van der Waals surface area contributed by atoms with Crippen LogP contribution in [0.25, 0.3) is 11.0 Å². The van der Waals surface area contributed by atoms with Gasteiger partial charge < -0.3 is 14.2 Å². The highest BCUT2D eigenvalue weighted by atomic mass is 16.3. The van der Waals surface area contributed by atoms with Gasteiger partial charge in [-0.3, -0.25) is 9.69 Å². The largest absolute Gasteiger partial charge is 0.463 e. The van der Waals surface area contributed by atoms with Crippen molar-refractivity contribution in [1.82, 2.24) is 9.80 Å². The summed E-state index contributed by atoms with van der Waals surface area (Å²) in [6.07, 6.45) is 1.57. The Bertz CT molecular complexity index is 984. The molecule has 1 fully saturated rings. The minimum atomic E-state index is -0.0321. The lowest BCUT2D eigenvalue weighted by Gasteiger charge is -2.45. The van der Waals surface area contributed by atoms with E-state index in [4.69, 9.17) is 4.42 Å². The smallest absolute Gasteiger partial charge is 0.257 e. The van der Waals surface area contributed by atoms with Crippen LogP contribution in [0.5, 0.6) is 0 Å². The van der Waals surface area contributed by atoms with Gasteiger partial charge in [-0.15, -0.1) is 0 Å². The minimum Gasteiger partial charge on any atom is -0.463 e. The molecule has 1 aliphatic heterocycles. The Morgan fingerprint density at radius 1 is 1.07 bits per heavy atom. The molecule has 5 nitrogen and oxygen atoms in total. The highest BCUT2D eigenvalue weighted by Gasteiger charge is 2.30. The summed E-state index contributed by atoms with van der Waals surface area (Å²) >= 11 is 0. The maximum absolute atomic E-state index is 12.5. The van der Waals surface area contributed by atoms with Crippen molar-refractivity contribution in [3.8, 4) is 0 Å². The third-order valence-corrected chi connectivity index (χ3v) is 5.87. The maximum atomic E-state index is 12.5. The van der Waals surface area contributed by atoms with Crippen molar-refractivity contribution in [2.75, 3.05) is 32.1 Å².